The number of carbonyl (C=O) groups excluding carboxylic acids is 2. The molecule has 1 fully saturated rings. The van der Waals surface area contributed by atoms with Gasteiger partial charge >= 0.3 is 5.97 Å². The van der Waals surface area contributed by atoms with Gasteiger partial charge in [0.25, 0.3) is 0 Å². The van der Waals surface area contributed by atoms with Crippen molar-refractivity contribution < 1.29 is 14.3 Å². The van der Waals surface area contributed by atoms with Gasteiger partial charge in [-0.25, -0.2) is 0 Å². The van der Waals surface area contributed by atoms with Crippen LogP contribution in [0.15, 0.2) is 0 Å². The average Bonchev–Trinajstić information content (AvgIpc) is 2.42. The van der Waals surface area contributed by atoms with Crippen LogP contribution in [0.25, 0.3) is 0 Å². The van der Waals surface area contributed by atoms with E-state index in [2.05, 4.69) is 23.1 Å². The molecule has 0 aromatic rings. The van der Waals surface area contributed by atoms with Crippen molar-refractivity contribution in [3.8, 4) is 0 Å². The normalized spacial score (nSPS) is 24.5. The molecule has 1 heterocycles. The molecule has 1 amide bonds. The van der Waals surface area contributed by atoms with Crippen molar-refractivity contribution >= 4 is 29.2 Å². The number of hydrazine groups is 1. The first-order chi connectivity index (χ1) is 6.99. The van der Waals surface area contributed by atoms with Gasteiger partial charge in [-0.15, -0.1) is 0 Å². The summed E-state index contributed by atoms with van der Waals surface area (Å²) in [5.41, 5.74) is 9.70. The van der Waals surface area contributed by atoms with Crippen LogP contribution in [0, 0.1) is 5.92 Å². The largest absolute Gasteiger partial charge is 0.462 e. The number of amides is 1. The predicted molar refractivity (Wildman–Crippen MR) is 56.3 cm³/mol. The van der Waals surface area contributed by atoms with E-state index < -0.39 is 0 Å². The summed E-state index contributed by atoms with van der Waals surface area (Å²) in [5.74, 6) is -1.03. The minimum absolute atomic E-state index is 0.0225. The van der Waals surface area contributed by atoms with E-state index in [-0.39, 0.29) is 35.4 Å². The van der Waals surface area contributed by atoms with Gasteiger partial charge in [-0.2, -0.15) is 0 Å². The summed E-state index contributed by atoms with van der Waals surface area (Å²) in [6.45, 7) is 1.79. The molecule has 2 atom stereocenters. The van der Waals surface area contributed by atoms with Crippen LogP contribution in [-0.2, 0) is 14.3 Å². The number of nitrogens with one attached hydrogen (secondary N) is 2. The van der Waals surface area contributed by atoms with E-state index >= 15 is 0 Å². The van der Waals surface area contributed by atoms with Gasteiger partial charge in [0, 0.05) is 6.42 Å². The number of cyclic esters (lactones) is 1. The number of ether oxygens (including phenoxy) is 1. The molecule has 0 saturated carbocycles. The third-order valence-electron chi connectivity index (χ3n) is 2.02. The maximum Gasteiger partial charge on any atom is 0.309 e. The Balaban J connectivity index is 2.32. The van der Waals surface area contributed by atoms with Crippen molar-refractivity contribution in [1.29, 1.82) is 0 Å². The monoisotopic (exact) mass is 231 g/mol. The molecule has 0 aliphatic carbocycles. The van der Waals surface area contributed by atoms with E-state index in [0.717, 1.165) is 0 Å². The number of hydrogen-bond donors (Lipinski definition) is 3. The lowest BCUT2D eigenvalue weighted by Gasteiger charge is -2.07. The summed E-state index contributed by atoms with van der Waals surface area (Å²) in [6, 6.07) is 0. The Bertz CT molecular complexity index is 295. The number of carbonyl (C=O) groups is 2. The van der Waals surface area contributed by atoms with Crippen molar-refractivity contribution in [3.63, 3.8) is 0 Å². The van der Waals surface area contributed by atoms with Gasteiger partial charge in [0.2, 0.25) is 5.91 Å². The minimum Gasteiger partial charge on any atom is -0.462 e. The van der Waals surface area contributed by atoms with Gasteiger partial charge in [-0.1, -0.05) is 0 Å². The zero-order valence-electron chi connectivity index (χ0n) is 8.28. The van der Waals surface area contributed by atoms with E-state index in [9.17, 15) is 9.59 Å². The third-order valence-corrected chi connectivity index (χ3v) is 2.13. The quantitative estimate of drug-likeness (QED) is 0.327. The Morgan fingerprint density at radius 3 is 2.80 bits per heavy atom. The lowest BCUT2D eigenvalue weighted by atomic mass is 10.0. The molecule has 1 rings (SSSR count). The van der Waals surface area contributed by atoms with E-state index in [1.165, 1.54) is 0 Å². The second kappa shape index (κ2) is 4.92. The Hall–Kier alpha value is -1.37. The van der Waals surface area contributed by atoms with E-state index in [0.29, 0.717) is 6.42 Å². The minimum atomic E-state index is -0.367. The van der Waals surface area contributed by atoms with Crippen LogP contribution in [-0.4, -0.2) is 23.1 Å². The molecule has 0 unspecified atom stereocenters. The van der Waals surface area contributed by atoms with Gasteiger partial charge in [-0.3, -0.25) is 20.4 Å². The fourth-order valence-electron chi connectivity index (χ4n) is 1.41. The van der Waals surface area contributed by atoms with Gasteiger partial charge in [0.1, 0.15) is 0 Å². The van der Waals surface area contributed by atoms with Crippen LogP contribution in [0.4, 0.5) is 0 Å². The first-order valence-electron chi connectivity index (χ1n) is 4.54. The van der Waals surface area contributed by atoms with E-state index in [4.69, 9.17) is 10.5 Å². The highest BCUT2D eigenvalue weighted by Gasteiger charge is 2.33. The number of esters is 1. The fourth-order valence-corrected chi connectivity index (χ4v) is 1.46. The smallest absolute Gasteiger partial charge is 0.309 e. The third kappa shape index (κ3) is 3.70. The Kier molecular flexibility index (Phi) is 3.84. The van der Waals surface area contributed by atoms with Gasteiger partial charge < -0.3 is 10.5 Å². The average molecular weight is 231 g/mol. The molecule has 0 radical (unpaired) electrons. The highest BCUT2D eigenvalue weighted by atomic mass is 32.1. The number of thiocarbonyl (C=S) groups is 1. The van der Waals surface area contributed by atoms with Crippen LogP contribution in [0.2, 0.25) is 0 Å². The van der Waals surface area contributed by atoms with Gasteiger partial charge in [0.05, 0.1) is 12.0 Å². The van der Waals surface area contributed by atoms with Crippen molar-refractivity contribution in [2.45, 2.75) is 25.9 Å². The number of rotatable bonds is 2. The van der Waals surface area contributed by atoms with Crippen LogP contribution in [0.5, 0.6) is 0 Å². The van der Waals surface area contributed by atoms with Gasteiger partial charge in [-0.05, 0) is 25.6 Å². The number of nitrogens with two attached hydrogens (primary N) is 1. The molecule has 0 aromatic carbocycles. The van der Waals surface area contributed by atoms with Crippen molar-refractivity contribution in [1.82, 2.24) is 10.9 Å². The van der Waals surface area contributed by atoms with Crippen LogP contribution in [0.1, 0.15) is 19.8 Å². The molecule has 7 heteroatoms. The van der Waals surface area contributed by atoms with Crippen LogP contribution < -0.4 is 16.6 Å². The molecule has 0 aromatic heterocycles. The summed E-state index contributed by atoms with van der Waals surface area (Å²) in [5, 5.41) is -0.0225. The Labute approximate surface area is 92.5 Å². The summed E-state index contributed by atoms with van der Waals surface area (Å²) >= 11 is 4.50. The van der Waals surface area contributed by atoms with Crippen molar-refractivity contribution in [3.05, 3.63) is 0 Å². The molecular formula is C8H13N3O3S. The zero-order valence-corrected chi connectivity index (χ0v) is 9.10. The summed E-state index contributed by atoms with van der Waals surface area (Å²) < 4.78 is 4.91. The standard InChI is InChI=1S/C8H13N3O3S/c1-4-2-5(7(13)14-4)3-6(12)10-11-8(9)15/h4-5H,2-3H2,1H3,(H,10,12)(H3,9,11,15)/t4-,5-/m0/s1. The maximum atomic E-state index is 11.3. The topological polar surface area (TPSA) is 93.5 Å². The van der Waals surface area contributed by atoms with E-state index in [1.54, 1.807) is 6.92 Å². The molecule has 6 nitrogen and oxygen atoms in total. The van der Waals surface area contributed by atoms with E-state index in [1.807, 2.05) is 0 Å². The van der Waals surface area contributed by atoms with Crippen molar-refractivity contribution in [2.24, 2.45) is 11.7 Å². The molecule has 1 saturated heterocycles. The Morgan fingerprint density at radius 1 is 1.67 bits per heavy atom. The predicted octanol–water partition coefficient (Wildman–Crippen LogP) is -0.807. The molecule has 0 spiro atoms. The molecule has 1 aliphatic heterocycles. The van der Waals surface area contributed by atoms with Crippen LogP contribution >= 0.6 is 12.2 Å². The Morgan fingerprint density at radius 2 is 2.33 bits per heavy atom. The lowest BCUT2D eigenvalue weighted by molar-refractivity contribution is -0.145. The first kappa shape index (κ1) is 11.7. The van der Waals surface area contributed by atoms with Gasteiger partial charge in [0.15, 0.2) is 5.11 Å². The molecule has 84 valence electrons. The molecular weight excluding hydrogens is 218 g/mol. The SMILES string of the molecule is C[C@H]1C[C@@H](CC(=O)NNC(N)=S)C(=O)O1. The molecule has 0 bridgehead atoms. The number of hydrogen-bond acceptors (Lipinski definition) is 4. The summed E-state index contributed by atoms with van der Waals surface area (Å²) in [7, 11) is 0. The highest BCUT2D eigenvalue weighted by molar-refractivity contribution is 7.80. The second-order valence-corrected chi connectivity index (χ2v) is 3.86. The summed E-state index contributed by atoms with van der Waals surface area (Å²) in [4.78, 5) is 22.4. The molecule has 1 aliphatic rings. The van der Waals surface area contributed by atoms with Crippen LogP contribution in [0.3, 0.4) is 0 Å². The molecule has 15 heavy (non-hydrogen) atoms. The first-order valence-corrected chi connectivity index (χ1v) is 4.94. The van der Waals surface area contributed by atoms with Crippen molar-refractivity contribution in [2.75, 3.05) is 0 Å². The molecule has 4 N–H and O–H groups in total. The lowest BCUT2D eigenvalue weighted by Crippen LogP contribution is -2.45. The fraction of sp³-hybridized carbons (Fsp3) is 0.625. The zero-order chi connectivity index (χ0) is 11.4. The second-order valence-electron chi connectivity index (χ2n) is 3.42. The highest BCUT2D eigenvalue weighted by Crippen LogP contribution is 2.23. The maximum absolute atomic E-state index is 11.3. The summed E-state index contributed by atoms with van der Waals surface area (Å²) in [6.07, 6.45) is 0.539.